The van der Waals surface area contributed by atoms with Crippen LogP contribution in [0.1, 0.15) is 29.7 Å². The van der Waals surface area contributed by atoms with E-state index in [1.807, 2.05) is 38.1 Å². The van der Waals surface area contributed by atoms with Gasteiger partial charge in [0.05, 0.1) is 0 Å². The van der Waals surface area contributed by atoms with Crippen LogP contribution in [0.4, 0.5) is 0 Å². The Kier molecular flexibility index (Phi) is 15.3. The molecule has 0 saturated heterocycles. The number of aryl methyl sites for hydroxylation is 2. The molecule has 2 aromatic rings. The number of hydrogen-bond donors (Lipinski definition) is 5. The smallest absolute Gasteiger partial charge is 0.188 e. The Bertz CT molecular complexity index is 671. The molecule has 9 nitrogen and oxygen atoms in total. The molecule has 0 aliphatic rings. The summed E-state index contributed by atoms with van der Waals surface area (Å²) in [6.07, 6.45) is 0. The molecule has 136 valence electrons. The van der Waals surface area contributed by atoms with E-state index in [-0.39, 0.29) is 12.4 Å². The van der Waals surface area contributed by atoms with Crippen molar-refractivity contribution in [3.05, 3.63) is 59.2 Å². The highest BCUT2D eigenvalue weighted by molar-refractivity contribution is 5.95. The maximum absolute atomic E-state index is 8.35. The molecule has 0 atom stereocenters. The van der Waals surface area contributed by atoms with Crippen molar-refractivity contribution in [2.45, 2.75) is 20.8 Å². The first kappa shape index (κ1) is 24.2. The summed E-state index contributed by atoms with van der Waals surface area (Å²) in [5.41, 5.74) is 8.00. The molecule has 7 N–H and O–H groups in total. The Labute approximate surface area is 146 Å². The molecule has 0 bridgehead atoms. The third kappa shape index (κ3) is 12.1. The molecule has 0 amide bonds. The first-order valence-corrected chi connectivity index (χ1v) is 7.10. The van der Waals surface area contributed by atoms with Crippen molar-refractivity contribution >= 4 is 5.84 Å². The van der Waals surface area contributed by atoms with Crippen molar-refractivity contribution in [1.82, 2.24) is 9.97 Å². The van der Waals surface area contributed by atoms with Crippen molar-refractivity contribution in [1.29, 1.82) is 5.26 Å². The van der Waals surface area contributed by atoms with E-state index in [0.717, 1.165) is 11.4 Å². The van der Waals surface area contributed by atoms with Crippen molar-refractivity contribution < 1.29 is 15.5 Å². The summed E-state index contributed by atoms with van der Waals surface area (Å²) in [4.78, 5) is 7.96. The lowest BCUT2D eigenvalue weighted by atomic mass is 10.3. The third-order valence-corrected chi connectivity index (χ3v) is 2.26. The maximum atomic E-state index is 8.35. The van der Waals surface area contributed by atoms with Crippen LogP contribution < -0.4 is 11.6 Å². The van der Waals surface area contributed by atoms with Gasteiger partial charge in [-0.05, 0) is 45.0 Å². The number of nitriles is 1. The van der Waals surface area contributed by atoms with Crippen LogP contribution in [-0.2, 0) is 0 Å². The van der Waals surface area contributed by atoms with Crippen LogP contribution in [0.5, 0.6) is 0 Å². The highest BCUT2D eigenvalue weighted by Gasteiger charge is 1.98. The minimum absolute atomic E-state index is 0.0358. The highest BCUT2D eigenvalue weighted by Crippen LogP contribution is 1.96. The van der Waals surface area contributed by atoms with Crippen molar-refractivity contribution in [2.75, 3.05) is 6.61 Å². The zero-order chi connectivity index (χ0) is 19.7. The maximum Gasteiger partial charge on any atom is 0.188 e. The average molecular weight is 348 g/mol. The van der Waals surface area contributed by atoms with Gasteiger partial charge in [-0.1, -0.05) is 17.3 Å². The summed E-state index contributed by atoms with van der Waals surface area (Å²) < 4.78 is 0. The van der Waals surface area contributed by atoms with E-state index in [4.69, 9.17) is 26.5 Å². The zero-order valence-corrected chi connectivity index (χ0v) is 14.5. The minimum Gasteiger partial charge on any atom is -0.409 e. The van der Waals surface area contributed by atoms with Crippen molar-refractivity contribution in [3.63, 3.8) is 0 Å². The summed E-state index contributed by atoms with van der Waals surface area (Å²) in [5, 5.41) is 33.6. The summed E-state index contributed by atoms with van der Waals surface area (Å²) >= 11 is 0. The lowest BCUT2D eigenvalue weighted by Gasteiger charge is -1.97. The van der Waals surface area contributed by atoms with Crippen LogP contribution in [0.15, 0.2) is 41.6 Å². The van der Waals surface area contributed by atoms with E-state index >= 15 is 0 Å². The summed E-state index contributed by atoms with van der Waals surface area (Å²) in [7, 11) is 0. The molecule has 0 aliphatic heterocycles. The summed E-state index contributed by atoms with van der Waals surface area (Å²) in [6, 6.07) is 12.7. The molecule has 0 saturated carbocycles. The fourth-order valence-electron chi connectivity index (χ4n) is 1.34. The number of rotatable bonds is 1. The van der Waals surface area contributed by atoms with Gasteiger partial charge in [-0.25, -0.2) is 15.9 Å². The van der Waals surface area contributed by atoms with Crippen LogP contribution in [0.2, 0.25) is 0 Å². The number of aromatic nitrogens is 2. The lowest BCUT2D eigenvalue weighted by molar-refractivity contribution is 0.311. The molecule has 0 unspecified atom stereocenters. The molecule has 25 heavy (non-hydrogen) atoms. The SMILES string of the molecule is CCO.Cc1cccc(/C(N)=N/O)n1.Cc1cccc(C#N)n1.NO. The number of nitrogens with two attached hydrogens (primary N) is 2. The largest absolute Gasteiger partial charge is 0.409 e. The first-order chi connectivity index (χ1) is 12.0. The number of nitrogens with zero attached hydrogens (tertiary/aromatic N) is 4. The van der Waals surface area contributed by atoms with Gasteiger partial charge in [0.15, 0.2) is 5.84 Å². The second-order valence-corrected chi connectivity index (χ2v) is 4.24. The number of aliphatic hydroxyl groups is 1. The van der Waals surface area contributed by atoms with Crippen molar-refractivity contribution in [2.24, 2.45) is 16.8 Å². The van der Waals surface area contributed by atoms with Crippen LogP contribution in [0.25, 0.3) is 0 Å². The summed E-state index contributed by atoms with van der Waals surface area (Å²) in [5.74, 6) is 3.54. The number of aliphatic hydroxyl groups excluding tert-OH is 1. The van der Waals surface area contributed by atoms with E-state index in [2.05, 4.69) is 21.0 Å². The molecule has 0 fully saturated rings. The predicted molar refractivity (Wildman–Crippen MR) is 93.9 cm³/mol. The molecule has 9 heteroatoms. The van der Waals surface area contributed by atoms with Gasteiger partial charge in [-0.15, -0.1) is 0 Å². The Morgan fingerprint density at radius 3 is 1.96 bits per heavy atom. The van der Waals surface area contributed by atoms with E-state index in [1.165, 1.54) is 0 Å². The quantitative estimate of drug-likeness (QED) is 0.220. The summed E-state index contributed by atoms with van der Waals surface area (Å²) in [6.45, 7) is 5.63. The lowest BCUT2D eigenvalue weighted by Crippen LogP contribution is -2.14. The van der Waals surface area contributed by atoms with Gasteiger partial charge in [-0.3, -0.25) is 0 Å². The van der Waals surface area contributed by atoms with Crippen LogP contribution in [0.3, 0.4) is 0 Å². The van der Waals surface area contributed by atoms with Crippen LogP contribution in [-0.4, -0.2) is 37.9 Å². The molecule has 0 aromatic carbocycles. The molecule has 2 heterocycles. The van der Waals surface area contributed by atoms with Crippen LogP contribution in [0, 0.1) is 25.2 Å². The van der Waals surface area contributed by atoms with Crippen molar-refractivity contribution in [3.8, 4) is 6.07 Å². The Hall–Kier alpha value is -3.06. The minimum atomic E-state index is 0.0358. The average Bonchev–Trinajstić information content (AvgIpc) is 2.64. The zero-order valence-electron chi connectivity index (χ0n) is 14.5. The topological polar surface area (TPSA) is 175 Å². The number of oxime groups is 1. The van der Waals surface area contributed by atoms with Gasteiger partial charge < -0.3 is 21.3 Å². The molecule has 2 aromatic heterocycles. The normalized spacial score (nSPS) is 9.08. The Morgan fingerprint density at radius 2 is 1.60 bits per heavy atom. The number of amidine groups is 1. The Morgan fingerprint density at radius 1 is 1.12 bits per heavy atom. The van der Waals surface area contributed by atoms with E-state index in [1.54, 1.807) is 25.1 Å². The number of hydrogen-bond acceptors (Lipinski definition) is 8. The molecule has 0 radical (unpaired) electrons. The molecule has 2 rings (SSSR count). The van der Waals surface area contributed by atoms with E-state index in [0.29, 0.717) is 11.4 Å². The first-order valence-electron chi connectivity index (χ1n) is 7.10. The van der Waals surface area contributed by atoms with Gasteiger partial charge >= 0.3 is 0 Å². The number of pyridine rings is 2. The fraction of sp³-hybridized carbons (Fsp3) is 0.250. The highest BCUT2D eigenvalue weighted by atomic mass is 16.4. The monoisotopic (exact) mass is 348 g/mol. The molecule has 0 aliphatic carbocycles. The molecular weight excluding hydrogens is 324 g/mol. The van der Waals surface area contributed by atoms with Gasteiger partial charge in [-0.2, -0.15) is 5.26 Å². The second-order valence-electron chi connectivity index (χ2n) is 4.24. The molecule has 0 spiro atoms. The van der Waals surface area contributed by atoms with E-state index < -0.39 is 0 Å². The predicted octanol–water partition coefficient (Wildman–Crippen LogP) is 1.08. The Balaban J connectivity index is 0. The van der Waals surface area contributed by atoms with E-state index in [9.17, 15) is 0 Å². The fourth-order valence-corrected chi connectivity index (χ4v) is 1.34. The van der Waals surface area contributed by atoms with Gasteiger partial charge in [0.2, 0.25) is 0 Å². The third-order valence-electron chi connectivity index (χ3n) is 2.26. The van der Waals surface area contributed by atoms with Gasteiger partial charge in [0.1, 0.15) is 17.5 Å². The van der Waals surface area contributed by atoms with Gasteiger partial charge in [0, 0.05) is 18.0 Å². The van der Waals surface area contributed by atoms with Gasteiger partial charge in [0.25, 0.3) is 0 Å². The standard InChI is InChI=1S/C7H9N3O.C7H6N2.C2H6O.H3NO/c1-5-3-2-4-6(9-5)7(8)10-11;1-6-3-2-4-7(5-8)9-6;1-2-3;1-2/h2-4,11H,1H3,(H2,8,10);2-4H,1H3;3H,2H2,1H3;2H,1H2. The second kappa shape index (κ2) is 15.8. The molecular formula is C16H24N6O3. The van der Waals surface area contributed by atoms with Crippen LogP contribution >= 0.6 is 0 Å².